The van der Waals surface area contributed by atoms with E-state index in [2.05, 4.69) is 31.8 Å². The predicted molar refractivity (Wildman–Crippen MR) is 66.1 cm³/mol. The van der Waals surface area contributed by atoms with Gasteiger partial charge in [0.25, 0.3) is 0 Å². The fraction of sp³-hybridized carbons (Fsp3) is 0.462. The first-order valence-electron chi connectivity index (χ1n) is 5.40. The van der Waals surface area contributed by atoms with Gasteiger partial charge in [0.05, 0.1) is 6.04 Å². The van der Waals surface area contributed by atoms with Crippen molar-refractivity contribution in [3.63, 3.8) is 0 Å². The highest BCUT2D eigenvalue weighted by atomic mass is 35.5. The van der Waals surface area contributed by atoms with Crippen molar-refractivity contribution in [2.45, 2.75) is 33.2 Å². The van der Waals surface area contributed by atoms with E-state index in [1.54, 1.807) is 0 Å². The molecule has 0 radical (unpaired) electrons. The molecule has 1 atom stereocenters. The van der Waals surface area contributed by atoms with E-state index in [4.69, 9.17) is 11.6 Å². The molecule has 1 aliphatic heterocycles. The van der Waals surface area contributed by atoms with E-state index >= 15 is 0 Å². The standard InChI is InChI=1S/C13H16ClN/c1-8(2)13-6-10-4-9(3)12(14)5-11(10)7-15-13/h4-5,7-8,13H,6H2,1-3H3. The first kappa shape index (κ1) is 10.7. The molecular weight excluding hydrogens is 206 g/mol. The Labute approximate surface area is 96.2 Å². The third-order valence-corrected chi connectivity index (χ3v) is 3.43. The molecule has 0 saturated carbocycles. The second-order valence-corrected chi connectivity index (χ2v) is 5.00. The average molecular weight is 222 g/mol. The van der Waals surface area contributed by atoms with Gasteiger partial charge in [0.1, 0.15) is 0 Å². The number of nitrogens with zero attached hydrogens (tertiary/aromatic N) is 1. The number of benzene rings is 1. The van der Waals surface area contributed by atoms with Crippen LogP contribution in [0.25, 0.3) is 0 Å². The molecule has 0 saturated heterocycles. The van der Waals surface area contributed by atoms with Gasteiger partial charge in [-0.05, 0) is 42.0 Å². The van der Waals surface area contributed by atoms with Gasteiger partial charge < -0.3 is 0 Å². The third kappa shape index (κ3) is 2.07. The van der Waals surface area contributed by atoms with Crippen LogP contribution in [0.5, 0.6) is 0 Å². The molecular formula is C13H16ClN. The van der Waals surface area contributed by atoms with Crippen LogP contribution in [0.1, 0.15) is 30.5 Å². The van der Waals surface area contributed by atoms with Crippen molar-refractivity contribution in [1.82, 2.24) is 0 Å². The van der Waals surface area contributed by atoms with E-state index in [-0.39, 0.29) is 0 Å². The molecule has 15 heavy (non-hydrogen) atoms. The van der Waals surface area contributed by atoms with Crippen molar-refractivity contribution in [3.8, 4) is 0 Å². The average Bonchev–Trinajstić information content (AvgIpc) is 2.19. The van der Waals surface area contributed by atoms with Crippen molar-refractivity contribution in [3.05, 3.63) is 33.8 Å². The number of aryl methyl sites for hydroxylation is 1. The summed E-state index contributed by atoms with van der Waals surface area (Å²) in [6.45, 7) is 6.49. The van der Waals surface area contributed by atoms with Crippen LogP contribution in [-0.2, 0) is 6.42 Å². The highest BCUT2D eigenvalue weighted by molar-refractivity contribution is 6.31. The molecule has 1 nitrogen and oxygen atoms in total. The summed E-state index contributed by atoms with van der Waals surface area (Å²) < 4.78 is 0. The Morgan fingerprint density at radius 1 is 1.40 bits per heavy atom. The number of hydrogen-bond donors (Lipinski definition) is 0. The van der Waals surface area contributed by atoms with Gasteiger partial charge in [0.2, 0.25) is 0 Å². The van der Waals surface area contributed by atoms with E-state index in [9.17, 15) is 0 Å². The molecule has 0 aliphatic carbocycles. The van der Waals surface area contributed by atoms with Gasteiger partial charge in [-0.2, -0.15) is 0 Å². The molecule has 0 fully saturated rings. The number of aliphatic imine (C=N–C) groups is 1. The lowest BCUT2D eigenvalue weighted by Crippen LogP contribution is -2.21. The molecule has 1 heterocycles. The summed E-state index contributed by atoms with van der Waals surface area (Å²) in [4.78, 5) is 4.56. The highest BCUT2D eigenvalue weighted by Crippen LogP contribution is 2.26. The van der Waals surface area contributed by atoms with Gasteiger partial charge in [-0.1, -0.05) is 31.5 Å². The van der Waals surface area contributed by atoms with Crippen molar-refractivity contribution in [2.75, 3.05) is 0 Å². The molecule has 0 bridgehead atoms. The van der Waals surface area contributed by atoms with Gasteiger partial charge in [-0.15, -0.1) is 0 Å². The minimum absolute atomic E-state index is 0.429. The first-order valence-corrected chi connectivity index (χ1v) is 5.78. The molecule has 0 aromatic heterocycles. The SMILES string of the molecule is Cc1cc2c(cc1Cl)C=NC(C(C)C)C2. The predicted octanol–water partition coefficient (Wildman–Crippen LogP) is 3.65. The molecule has 1 aliphatic rings. The van der Waals surface area contributed by atoms with Crippen LogP contribution in [0.2, 0.25) is 5.02 Å². The summed E-state index contributed by atoms with van der Waals surface area (Å²) in [6.07, 6.45) is 3.01. The van der Waals surface area contributed by atoms with E-state index in [1.807, 2.05) is 12.3 Å². The summed E-state index contributed by atoms with van der Waals surface area (Å²) in [7, 11) is 0. The molecule has 2 rings (SSSR count). The van der Waals surface area contributed by atoms with Crippen molar-refractivity contribution < 1.29 is 0 Å². The Morgan fingerprint density at radius 3 is 2.80 bits per heavy atom. The van der Waals surface area contributed by atoms with Gasteiger partial charge in [0.15, 0.2) is 0 Å². The quantitative estimate of drug-likeness (QED) is 0.687. The van der Waals surface area contributed by atoms with Crippen LogP contribution in [0.15, 0.2) is 17.1 Å². The maximum atomic E-state index is 6.08. The number of hydrogen-bond acceptors (Lipinski definition) is 1. The fourth-order valence-electron chi connectivity index (χ4n) is 1.92. The Bertz CT molecular complexity index is 407. The lowest BCUT2D eigenvalue weighted by atomic mass is 9.91. The van der Waals surface area contributed by atoms with Crippen LogP contribution < -0.4 is 0 Å². The van der Waals surface area contributed by atoms with Gasteiger partial charge in [-0.25, -0.2) is 0 Å². The Hall–Kier alpha value is -0.820. The Kier molecular flexibility index (Phi) is 2.83. The van der Waals surface area contributed by atoms with Crippen LogP contribution in [-0.4, -0.2) is 12.3 Å². The van der Waals surface area contributed by atoms with Crippen molar-refractivity contribution in [1.29, 1.82) is 0 Å². The lowest BCUT2D eigenvalue weighted by Gasteiger charge is -2.22. The summed E-state index contributed by atoms with van der Waals surface area (Å²) in [6, 6.07) is 4.64. The maximum absolute atomic E-state index is 6.08. The van der Waals surface area contributed by atoms with E-state index < -0.39 is 0 Å². The summed E-state index contributed by atoms with van der Waals surface area (Å²) >= 11 is 6.08. The van der Waals surface area contributed by atoms with Gasteiger partial charge in [-0.3, -0.25) is 4.99 Å². The lowest BCUT2D eigenvalue weighted by molar-refractivity contribution is 0.490. The molecule has 1 unspecified atom stereocenters. The van der Waals surface area contributed by atoms with Gasteiger partial charge >= 0.3 is 0 Å². The normalized spacial score (nSPS) is 19.4. The monoisotopic (exact) mass is 221 g/mol. The zero-order valence-corrected chi connectivity index (χ0v) is 10.2. The molecule has 0 amide bonds. The van der Waals surface area contributed by atoms with E-state index in [0.717, 1.165) is 17.0 Å². The zero-order chi connectivity index (χ0) is 11.0. The minimum Gasteiger partial charge on any atom is -0.289 e. The van der Waals surface area contributed by atoms with Crippen molar-refractivity contribution in [2.24, 2.45) is 10.9 Å². The number of halogens is 1. The summed E-state index contributed by atoms with van der Waals surface area (Å²) in [5.41, 5.74) is 3.72. The number of fused-ring (bicyclic) bond motifs is 1. The third-order valence-electron chi connectivity index (χ3n) is 3.02. The Morgan fingerprint density at radius 2 is 2.13 bits per heavy atom. The topological polar surface area (TPSA) is 12.4 Å². The molecule has 0 N–H and O–H groups in total. The minimum atomic E-state index is 0.429. The van der Waals surface area contributed by atoms with E-state index in [1.165, 1.54) is 11.1 Å². The zero-order valence-electron chi connectivity index (χ0n) is 9.42. The van der Waals surface area contributed by atoms with Crippen molar-refractivity contribution >= 4 is 17.8 Å². The largest absolute Gasteiger partial charge is 0.289 e. The maximum Gasteiger partial charge on any atom is 0.0563 e. The molecule has 2 heteroatoms. The van der Waals surface area contributed by atoms with Crippen LogP contribution in [0.4, 0.5) is 0 Å². The highest BCUT2D eigenvalue weighted by Gasteiger charge is 2.18. The van der Waals surface area contributed by atoms with Crippen LogP contribution >= 0.6 is 11.6 Å². The number of rotatable bonds is 1. The second kappa shape index (κ2) is 3.97. The Balaban J connectivity index is 2.37. The van der Waals surface area contributed by atoms with Crippen LogP contribution in [0.3, 0.4) is 0 Å². The molecule has 80 valence electrons. The summed E-state index contributed by atoms with van der Waals surface area (Å²) in [5, 5.41) is 0.836. The molecule has 1 aromatic carbocycles. The fourth-order valence-corrected chi connectivity index (χ4v) is 2.09. The molecule has 1 aromatic rings. The smallest absolute Gasteiger partial charge is 0.0563 e. The molecule has 0 spiro atoms. The second-order valence-electron chi connectivity index (χ2n) is 4.59. The van der Waals surface area contributed by atoms with Crippen LogP contribution in [0, 0.1) is 12.8 Å². The van der Waals surface area contributed by atoms with E-state index in [0.29, 0.717) is 12.0 Å². The summed E-state index contributed by atoms with van der Waals surface area (Å²) in [5.74, 6) is 0.602. The first-order chi connectivity index (χ1) is 7.08. The van der Waals surface area contributed by atoms with Gasteiger partial charge in [0, 0.05) is 11.2 Å².